The Labute approximate surface area is 141 Å². The summed E-state index contributed by atoms with van der Waals surface area (Å²) in [6.45, 7) is 5.63. The Hall–Kier alpha value is -1.88. The summed E-state index contributed by atoms with van der Waals surface area (Å²) in [7, 11) is 0. The zero-order valence-electron chi connectivity index (χ0n) is 14.5. The second-order valence-electron chi connectivity index (χ2n) is 6.87. The fourth-order valence-corrected chi connectivity index (χ4v) is 3.75. The van der Waals surface area contributed by atoms with Gasteiger partial charge in [0.2, 0.25) is 5.91 Å². The Morgan fingerprint density at radius 2 is 1.92 bits per heavy atom. The topological polar surface area (TPSA) is 54.3 Å². The average Bonchev–Trinajstić information content (AvgIpc) is 2.86. The van der Waals surface area contributed by atoms with Gasteiger partial charge in [-0.3, -0.25) is 4.79 Å². The molecule has 5 heteroatoms. The number of nitrogens with one attached hydrogen (secondary N) is 2. The van der Waals surface area contributed by atoms with Crippen molar-refractivity contribution in [3.63, 3.8) is 0 Å². The lowest BCUT2D eigenvalue weighted by molar-refractivity contribution is -0.119. The van der Waals surface area contributed by atoms with Gasteiger partial charge in [0, 0.05) is 30.0 Å². The summed E-state index contributed by atoms with van der Waals surface area (Å²) in [5, 5.41) is 7.46. The van der Waals surface area contributed by atoms with E-state index in [9.17, 15) is 9.18 Å². The molecule has 1 fully saturated rings. The van der Waals surface area contributed by atoms with Crippen LogP contribution in [0.25, 0.3) is 11.0 Å². The first-order chi connectivity index (χ1) is 11.4. The number of amides is 1. The van der Waals surface area contributed by atoms with Crippen molar-refractivity contribution in [1.82, 2.24) is 10.6 Å². The molecule has 3 rings (SSSR count). The van der Waals surface area contributed by atoms with Crippen molar-refractivity contribution in [2.75, 3.05) is 0 Å². The summed E-state index contributed by atoms with van der Waals surface area (Å²) >= 11 is 0. The zero-order valence-corrected chi connectivity index (χ0v) is 14.5. The van der Waals surface area contributed by atoms with E-state index in [1.165, 1.54) is 12.1 Å². The SMILES string of the molecule is CC(=O)NC1CCC(N[C@@H](C)c2oc3ccc(F)cc3c2C)CC1. The Kier molecular flexibility index (Phi) is 4.90. The van der Waals surface area contributed by atoms with Gasteiger partial charge in [0.25, 0.3) is 0 Å². The van der Waals surface area contributed by atoms with Gasteiger partial charge >= 0.3 is 0 Å². The molecule has 4 nitrogen and oxygen atoms in total. The van der Waals surface area contributed by atoms with Crippen LogP contribution < -0.4 is 10.6 Å². The molecule has 0 spiro atoms. The van der Waals surface area contributed by atoms with E-state index in [-0.39, 0.29) is 17.8 Å². The van der Waals surface area contributed by atoms with Crippen LogP contribution in [-0.4, -0.2) is 18.0 Å². The van der Waals surface area contributed by atoms with Crippen LogP contribution in [-0.2, 0) is 4.79 Å². The van der Waals surface area contributed by atoms with Gasteiger partial charge in [-0.2, -0.15) is 0 Å². The molecule has 2 N–H and O–H groups in total. The fraction of sp³-hybridized carbons (Fsp3) is 0.526. The van der Waals surface area contributed by atoms with Crippen molar-refractivity contribution >= 4 is 16.9 Å². The quantitative estimate of drug-likeness (QED) is 0.890. The highest BCUT2D eigenvalue weighted by molar-refractivity contribution is 5.82. The monoisotopic (exact) mass is 332 g/mol. The highest BCUT2D eigenvalue weighted by Crippen LogP contribution is 2.31. The van der Waals surface area contributed by atoms with Crippen LogP contribution in [0.1, 0.15) is 56.9 Å². The first kappa shape index (κ1) is 17.0. The third-order valence-electron chi connectivity index (χ3n) is 4.95. The minimum absolute atomic E-state index is 0.0462. The lowest BCUT2D eigenvalue weighted by atomic mass is 9.90. The number of aryl methyl sites for hydroxylation is 1. The molecule has 0 unspecified atom stereocenters. The maximum atomic E-state index is 13.4. The van der Waals surface area contributed by atoms with Crippen molar-refractivity contribution < 1.29 is 13.6 Å². The maximum absolute atomic E-state index is 13.4. The molecule has 0 radical (unpaired) electrons. The van der Waals surface area contributed by atoms with Crippen LogP contribution in [0, 0.1) is 12.7 Å². The van der Waals surface area contributed by atoms with Crippen LogP contribution >= 0.6 is 0 Å². The largest absolute Gasteiger partial charge is 0.459 e. The van der Waals surface area contributed by atoms with Gasteiger partial charge in [0.05, 0.1) is 6.04 Å². The van der Waals surface area contributed by atoms with E-state index < -0.39 is 0 Å². The van der Waals surface area contributed by atoms with Gasteiger partial charge in [-0.15, -0.1) is 0 Å². The molecule has 1 saturated carbocycles. The predicted octanol–water partition coefficient (Wildman–Crippen LogP) is 3.98. The first-order valence-corrected chi connectivity index (χ1v) is 8.65. The van der Waals surface area contributed by atoms with Gasteiger partial charge in [-0.1, -0.05) is 0 Å². The molecule has 2 aromatic rings. The standard InChI is InChI=1S/C19H25FN2O2/c1-11-17-10-14(20)4-9-18(17)24-19(11)12(2)21-15-5-7-16(8-6-15)22-13(3)23/h4,9-10,12,15-16,21H,5-8H2,1-3H3,(H,22,23)/t12-,15?,16?/m0/s1. The molecule has 1 amide bonds. The summed E-state index contributed by atoms with van der Waals surface area (Å²) in [5.74, 6) is 0.680. The number of halogens is 1. The van der Waals surface area contributed by atoms with E-state index in [0.717, 1.165) is 48.0 Å². The average molecular weight is 332 g/mol. The van der Waals surface area contributed by atoms with Gasteiger partial charge in [0.1, 0.15) is 17.2 Å². The Balaban J connectivity index is 1.64. The lowest BCUT2D eigenvalue weighted by Gasteiger charge is -2.31. The summed E-state index contributed by atoms with van der Waals surface area (Å²) in [5.41, 5.74) is 1.73. The molecule has 130 valence electrons. The van der Waals surface area contributed by atoms with Crippen molar-refractivity contribution in [2.45, 2.75) is 64.6 Å². The second kappa shape index (κ2) is 6.93. The Morgan fingerprint density at radius 3 is 2.58 bits per heavy atom. The molecule has 1 aromatic carbocycles. The number of hydrogen-bond donors (Lipinski definition) is 2. The van der Waals surface area contributed by atoms with E-state index in [1.807, 2.05) is 6.92 Å². The minimum atomic E-state index is -0.241. The third-order valence-corrected chi connectivity index (χ3v) is 4.95. The number of fused-ring (bicyclic) bond motifs is 1. The second-order valence-corrected chi connectivity index (χ2v) is 6.87. The molecule has 0 bridgehead atoms. The van der Waals surface area contributed by atoms with Gasteiger partial charge in [-0.25, -0.2) is 4.39 Å². The van der Waals surface area contributed by atoms with Crippen LogP contribution in [0.5, 0.6) is 0 Å². The molecule has 1 aromatic heterocycles. The molecule has 1 aliphatic carbocycles. The van der Waals surface area contributed by atoms with Crippen molar-refractivity contribution in [1.29, 1.82) is 0 Å². The molecule has 1 aliphatic rings. The summed E-state index contributed by atoms with van der Waals surface area (Å²) in [6.07, 6.45) is 4.05. The van der Waals surface area contributed by atoms with E-state index in [4.69, 9.17) is 4.42 Å². The van der Waals surface area contributed by atoms with E-state index >= 15 is 0 Å². The zero-order chi connectivity index (χ0) is 17.3. The summed E-state index contributed by atoms with van der Waals surface area (Å²) in [4.78, 5) is 11.1. The van der Waals surface area contributed by atoms with Gasteiger partial charge < -0.3 is 15.1 Å². The number of hydrogen-bond acceptors (Lipinski definition) is 3. The lowest BCUT2D eigenvalue weighted by Crippen LogP contribution is -2.42. The number of carbonyl (C=O) groups excluding carboxylic acids is 1. The number of carbonyl (C=O) groups is 1. The number of benzene rings is 1. The normalized spacial score (nSPS) is 22.5. The van der Waals surface area contributed by atoms with Crippen molar-refractivity contribution in [3.8, 4) is 0 Å². The van der Waals surface area contributed by atoms with Crippen molar-refractivity contribution in [3.05, 3.63) is 35.3 Å². The minimum Gasteiger partial charge on any atom is -0.459 e. The van der Waals surface area contributed by atoms with Crippen LogP contribution in [0.4, 0.5) is 4.39 Å². The Morgan fingerprint density at radius 1 is 1.25 bits per heavy atom. The highest BCUT2D eigenvalue weighted by Gasteiger charge is 2.25. The molecule has 0 aliphatic heterocycles. The smallest absolute Gasteiger partial charge is 0.217 e. The molecular weight excluding hydrogens is 307 g/mol. The number of rotatable bonds is 4. The highest BCUT2D eigenvalue weighted by atomic mass is 19.1. The molecule has 24 heavy (non-hydrogen) atoms. The summed E-state index contributed by atoms with van der Waals surface area (Å²) in [6, 6.07) is 5.43. The summed E-state index contributed by atoms with van der Waals surface area (Å²) < 4.78 is 19.4. The van der Waals surface area contributed by atoms with Crippen LogP contribution in [0.2, 0.25) is 0 Å². The maximum Gasteiger partial charge on any atom is 0.217 e. The van der Waals surface area contributed by atoms with Gasteiger partial charge in [0.15, 0.2) is 0 Å². The van der Waals surface area contributed by atoms with Crippen molar-refractivity contribution in [2.24, 2.45) is 0 Å². The van der Waals surface area contributed by atoms with E-state index in [1.54, 1.807) is 13.0 Å². The van der Waals surface area contributed by atoms with Crippen LogP contribution in [0.3, 0.4) is 0 Å². The molecule has 1 heterocycles. The molecular formula is C19H25FN2O2. The number of furan rings is 1. The molecule has 0 saturated heterocycles. The van der Waals surface area contributed by atoms with Gasteiger partial charge in [-0.05, 0) is 57.7 Å². The molecule has 1 atom stereocenters. The fourth-order valence-electron chi connectivity index (χ4n) is 3.75. The first-order valence-electron chi connectivity index (χ1n) is 8.65. The van der Waals surface area contributed by atoms with E-state index in [0.29, 0.717) is 12.1 Å². The predicted molar refractivity (Wildman–Crippen MR) is 92.3 cm³/mol. The Bertz CT molecular complexity index is 732. The van der Waals surface area contributed by atoms with E-state index in [2.05, 4.69) is 17.6 Å². The third kappa shape index (κ3) is 3.61. The van der Waals surface area contributed by atoms with Crippen LogP contribution in [0.15, 0.2) is 22.6 Å².